The molecular formula is C17H22N4O2. The smallest absolute Gasteiger partial charge is 0.267 e. The van der Waals surface area contributed by atoms with Gasteiger partial charge in [0.25, 0.3) is 5.56 Å². The number of rotatable bonds is 8. The molecule has 0 radical (unpaired) electrons. The van der Waals surface area contributed by atoms with Crippen molar-refractivity contribution in [2.45, 2.75) is 19.9 Å². The van der Waals surface area contributed by atoms with E-state index >= 15 is 0 Å². The molecular weight excluding hydrogens is 292 g/mol. The molecule has 1 amide bonds. The van der Waals surface area contributed by atoms with Crippen molar-refractivity contribution in [1.29, 1.82) is 0 Å². The second kappa shape index (κ2) is 8.85. The summed E-state index contributed by atoms with van der Waals surface area (Å²) in [6, 6.07) is 12.7. The first-order chi connectivity index (χ1) is 11.2. The molecule has 1 aromatic heterocycles. The summed E-state index contributed by atoms with van der Waals surface area (Å²) in [5, 5.41) is 10.2. The molecule has 0 aliphatic rings. The number of nitrogens with zero attached hydrogens (tertiary/aromatic N) is 2. The molecule has 2 aromatic rings. The van der Waals surface area contributed by atoms with Gasteiger partial charge in [0.15, 0.2) is 0 Å². The lowest BCUT2D eigenvalue weighted by molar-refractivity contribution is -0.121. The monoisotopic (exact) mass is 314 g/mol. The Kier molecular flexibility index (Phi) is 6.50. The normalized spacial score (nSPS) is 10.5. The third-order valence-corrected chi connectivity index (χ3v) is 3.28. The van der Waals surface area contributed by atoms with E-state index in [1.54, 1.807) is 6.07 Å². The highest BCUT2D eigenvalue weighted by Gasteiger charge is 2.07. The van der Waals surface area contributed by atoms with Gasteiger partial charge in [-0.1, -0.05) is 37.3 Å². The number of hydrogen-bond donors (Lipinski definition) is 2. The van der Waals surface area contributed by atoms with Gasteiger partial charge in [-0.05, 0) is 19.0 Å². The van der Waals surface area contributed by atoms with Crippen molar-refractivity contribution in [2.75, 3.05) is 19.6 Å². The SMILES string of the molecule is CCCNCCNC(=O)Cn1nc(-c2ccccc2)ccc1=O. The summed E-state index contributed by atoms with van der Waals surface area (Å²) in [6.45, 7) is 4.19. The van der Waals surface area contributed by atoms with Gasteiger partial charge in [-0.3, -0.25) is 9.59 Å². The van der Waals surface area contributed by atoms with Crippen LogP contribution in [0.5, 0.6) is 0 Å². The van der Waals surface area contributed by atoms with Crippen LogP contribution in [-0.2, 0) is 11.3 Å². The molecule has 0 spiro atoms. The Bertz CT molecular complexity index is 682. The molecule has 0 unspecified atom stereocenters. The molecule has 0 atom stereocenters. The van der Waals surface area contributed by atoms with Crippen LogP contribution in [0.3, 0.4) is 0 Å². The van der Waals surface area contributed by atoms with Crippen molar-refractivity contribution in [2.24, 2.45) is 0 Å². The first-order valence-electron chi connectivity index (χ1n) is 7.81. The van der Waals surface area contributed by atoms with E-state index in [4.69, 9.17) is 0 Å². The number of carbonyl (C=O) groups is 1. The highest BCUT2D eigenvalue weighted by atomic mass is 16.2. The first kappa shape index (κ1) is 16.9. The van der Waals surface area contributed by atoms with E-state index in [1.807, 2.05) is 30.3 Å². The van der Waals surface area contributed by atoms with Gasteiger partial charge in [0, 0.05) is 24.7 Å². The molecule has 0 bridgehead atoms. The molecule has 0 aliphatic carbocycles. The zero-order valence-electron chi connectivity index (χ0n) is 13.3. The molecule has 0 saturated carbocycles. The zero-order chi connectivity index (χ0) is 16.5. The predicted molar refractivity (Wildman–Crippen MR) is 90.1 cm³/mol. The fraction of sp³-hybridized carbons (Fsp3) is 0.353. The third kappa shape index (κ3) is 5.34. The van der Waals surface area contributed by atoms with Crippen LogP contribution in [0.25, 0.3) is 11.3 Å². The summed E-state index contributed by atoms with van der Waals surface area (Å²) >= 11 is 0. The van der Waals surface area contributed by atoms with Gasteiger partial charge >= 0.3 is 0 Å². The van der Waals surface area contributed by atoms with Gasteiger partial charge in [0.05, 0.1) is 5.69 Å². The van der Waals surface area contributed by atoms with Gasteiger partial charge in [0.2, 0.25) is 5.91 Å². The van der Waals surface area contributed by atoms with E-state index in [2.05, 4.69) is 22.7 Å². The second-order valence-corrected chi connectivity index (χ2v) is 5.18. The second-order valence-electron chi connectivity index (χ2n) is 5.18. The maximum absolute atomic E-state index is 11.9. The van der Waals surface area contributed by atoms with Crippen LogP contribution in [-0.4, -0.2) is 35.3 Å². The van der Waals surface area contributed by atoms with Crippen molar-refractivity contribution >= 4 is 5.91 Å². The Labute approximate surface area is 135 Å². The number of carbonyl (C=O) groups excluding carboxylic acids is 1. The topological polar surface area (TPSA) is 76.0 Å². The van der Waals surface area contributed by atoms with Gasteiger partial charge in [-0.15, -0.1) is 0 Å². The molecule has 6 nitrogen and oxygen atoms in total. The van der Waals surface area contributed by atoms with E-state index < -0.39 is 0 Å². The minimum absolute atomic E-state index is 0.0761. The minimum Gasteiger partial charge on any atom is -0.353 e. The first-order valence-corrected chi connectivity index (χ1v) is 7.81. The van der Waals surface area contributed by atoms with Gasteiger partial charge in [-0.25, -0.2) is 4.68 Å². The van der Waals surface area contributed by atoms with E-state index in [9.17, 15) is 9.59 Å². The molecule has 0 saturated heterocycles. The standard InChI is InChI=1S/C17H22N4O2/c1-2-10-18-11-12-19-16(22)13-21-17(23)9-8-15(20-21)14-6-4-3-5-7-14/h3-9,18H,2,10-13H2,1H3,(H,19,22). The Morgan fingerprint density at radius 3 is 2.61 bits per heavy atom. The molecule has 2 rings (SSSR count). The number of amides is 1. The van der Waals surface area contributed by atoms with E-state index in [-0.39, 0.29) is 18.0 Å². The highest BCUT2D eigenvalue weighted by molar-refractivity contribution is 5.75. The molecule has 0 aliphatic heterocycles. The Morgan fingerprint density at radius 2 is 1.87 bits per heavy atom. The fourth-order valence-electron chi connectivity index (χ4n) is 2.11. The van der Waals surface area contributed by atoms with Crippen molar-refractivity contribution in [3.8, 4) is 11.3 Å². The van der Waals surface area contributed by atoms with Gasteiger partial charge in [0.1, 0.15) is 6.54 Å². The van der Waals surface area contributed by atoms with Crippen LogP contribution in [0.15, 0.2) is 47.3 Å². The Balaban J connectivity index is 1.97. The summed E-state index contributed by atoms with van der Waals surface area (Å²) in [7, 11) is 0. The molecule has 0 fully saturated rings. The fourth-order valence-corrected chi connectivity index (χ4v) is 2.11. The van der Waals surface area contributed by atoms with Crippen LogP contribution in [0.4, 0.5) is 0 Å². The quantitative estimate of drug-likeness (QED) is 0.714. The number of nitrogens with one attached hydrogen (secondary N) is 2. The van der Waals surface area contributed by atoms with Crippen molar-refractivity contribution in [3.05, 3.63) is 52.8 Å². The summed E-state index contributed by atoms with van der Waals surface area (Å²) < 4.78 is 1.19. The lowest BCUT2D eigenvalue weighted by Crippen LogP contribution is -2.37. The van der Waals surface area contributed by atoms with E-state index in [1.165, 1.54) is 10.7 Å². The number of hydrogen-bond acceptors (Lipinski definition) is 4. The molecule has 122 valence electrons. The van der Waals surface area contributed by atoms with Crippen LogP contribution >= 0.6 is 0 Å². The van der Waals surface area contributed by atoms with Crippen LogP contribution in [0.1, 0.15) is 13.3 Å². The number of benzene rings is 1. The number of aromatic nitrogens is 2. The zero-order valence-corrected chi connectivity index (χ0v) is 13.3. The van der Waals surface area contributed by atoms with E-state index in [0.717, 1.165) is 18.5 Å². The van der Waals surface area contributed by atoms with Crippen molar-refractivity contribution < 1.29 is 4.79 Å². The minimum atomic E-state index is -0.288. The van der Waals surface area contributed by atoms with Crippen molar-refractivity contribution in [1.82, 2.24) is 20.4 Å². The van der Waals surface area contributed by atoms with Gasteiger partial charge < -0.3 is 10.6 Å². The summed E-state index contributed by atoms with van der Waals surface area (Å²) in [6.07, 6.45) is 1.06. The largest absolute Gasteiger partial charge is 0.353 e. The van der Waals surface area contributed by atoms with Gasteiger partial charge in [-0.2, -0.15) is 5.10 Å². The molecule has 1 aromatic carbocycles. The van der Waals surface area contributed by atoms with Crippen LogP contribution in [0.2, 0.25) is 0 Å². The molecule has 6 heteroatoms. The third-order valence-electron chi connectivity index (χ3n) is 3.28. The average molecular weight is 314 g/mol. The highest BCUT2D eigenvalue weighted by Crippen LogP contribution is 2.13. The summed E-state index contributed by atoms with van der Waals surface area (Å²) in [5.41, 5.74) is 1.29. The molecule has 2 N–H and O–H groups in total. The summed E-state index contributed by atoms with van der Waals surface area (Å²) in [5.74, 6) is -0.219. The maximum atomic E-state index is 11.9. The molecule has 1 heterocycles. The van der Waals surface area contributed by atoms with E-state index in [0.29, 0.717) is 18.8 Å². The van der Waals surface area contributed by atoms with Crippen LogP contribution < -0.4 is 16.2 Å². The average Bonchev–Trinajstić information content (AvgIpc) is 2.57. The maximum Gasteiger partial charge on any atom is 0.267 e. The lowest BCUT2D eigenvalue weighted by Gasteiger charge is -2.08. The Morgan fingerprint density at radius 1 is 1.09 bits per heavy atom. The molecule has 23 heavy (non-hydrogen) atoms. The van der Waals surface area contributed by atoms with Crippen molar-refractivity contribution in [3.63, 3.8) is 0 Å². The summed E-state index contributed by atoms with van der Waals surface area (Å²) in [4.78, 5) is 23.8. The van der Waals surface area contributed by atoms with Crippen LogP contribution in [0, 0.1) is 0 Å². The predicted octanol–water partition coefficient (Wildman–Crippen LogP) is 1.03. The Hall–Kier alpha value is -2.47. The lowest BCUT2D eigenvalue weighted by atomic mass is 10.1.